The number of amides is 3. The van der Waals surface area contributed by atoms with Crippen molar-refractivity contribution in [2.45, 2.75) is 31.8 Å². The van der Waals surface area contributed by atoms with Gasteiger partial charge in [0.25, 0.3) is 5.91 Å². The van der Waals surface area contributed by atoms with E-state index in [9.17, 15) is 19.2 Å². The third-order valence-electron chi connectivity index (χ3n) is 3.58. The number of hydrogen-bond acceptors (Lipinski definition) is 5. The van der Waals surface area contributed by atoms with Crippen molar-refractivity contribution in [3.8, 4) is 0 Å². The maximum atomic E-state index is 12.0. The molecule has 0 aromatic carbocycles. The maximum absolute atomic E-state index is 12.0. The minimum Gasteiger partial charge on any atom is -0.368 e. The quantitative estimate of drug-likeness (QED) is 0.398. The maximum Gasteiger partial charge on any atom is 0.289 e. The predicted octanol–water partition coefficient (Wildman–Crippen LogP) is -0.932. The Morgan fingerprint density at radius 2 is 1.68 bits per heavy atom. The van der Waals surface area contributed by atoms with Crippen molar-refractivity contribution in [2.75, 3.05) is 6.54 Å². The van der Waals surface area contributed by atoms with Crippen LogP contribution in [0.4, 0.5) is 0 Å². The smallest absolute Gasteiger partial charge is 0.289 e. The first kappa shape index (κ1) is 20.3. The first-order valence-electron chi connectivity index (χ1n) is 8.04. The van der Waals surface area contributed by atoms with Gasteiger partial charge in [-0.15, -0.1) is 0 Å². The fourth-order valence-corrected chi connectivity index (χ4v) is 2.24. The molecule has 0 radical (unpaired) electrons. The van der Waals surface area contributed by atoms with Crippen LogP contribution in [0.5, 0.6) is 0 Å². The first-order valence-corrected chi connectivity index (χ1v) is 8.04. The van der Waals surface area contributed by atoms with Gasteiger partial charge in [-0.3, -0.25) is 19.2 Å². The molecule has 0 fully saturated rings. The lowest BCUT2D eigenvalue weighted by atomic mass is 9.98. The zero-order valence-electron chi connectivity index (χ0n) is 14.1. The lowest BCUT2D eigenvalue weighted by molar-refractivity contribution is -0.139. The zero-order valence-corrected chi connectivity index (χ0v) is 14.1. The molecule has 0 aromatic rings. The zero-order chi connectivity index (χ0) is 18.8. The van der Waals surface area contributed by atoms with Crippen molar-refractivity contribution >= 4 is 23.5 Å². The molecule has 0 saturated heterocycles. The molecule has 8 heteroatoms. The van der Waals surface area contributed by atoms with Crippen LogP contribution in [-0.2, 0) is 19.2 Å². The van der Waals surface area contributed by atoms with Gasteiger partial charge >= 0.3 is 0 Å². The van der Waals surface area contributed by atoms with Gasteiger partial charge < -0.3 is 22.1 Å². The predicted molar refractivity (Wildman–Crippen MR) is 92.9 cm³/mol. The SMILES string of the molecule is CCCC(N)C(=O)C(=O)NCC(=O)NC(C(N)=O)C1C=CC=CC=C1. The highest BCUT2D eigenvalue weighted by Crippen LogP contribution is 2.11. The van der Waals surface area contributed by atoms with E-state index < -0.39 is 48.1 Å². The first-order chi connectivity index (χ1) is 11.9. The summed E-state index contributed by atoms with van der Waals surface area (Å²) >= 11 is 0. The Labute approximate surface area is 146 Å². The third kappa shape index (κ3) is 6.72. The molecule has 6 N–H and O–H groups in total. The molecule has 1 aliphatic rings. The second kappa shape index (κ2) is 10.2. The number of nitrogens with two attached hydrogens (primary N) is 2. The van der Waals surface area contributed by atoms with Crippen molar-refractivity contribution < 1.29 is 19.2 Å². The highest BCUT2D eigenvalue weighted by atomic mass is 16.2. The second-order valence-corrected chi connectivity index (χ2v) is 5.62. The lowest BCUT2D eigenvalue weighted by Crippen LogP contribution is -2.52. The molecule has 0 saturated carbocycles. The number of nitrogens with one attached hydrogen (secondary N) is 2. The van der Waals surface area contributed by atoms with Crippen LogP contribution in [0.2, 0.25) is 0 Å². The summed E-state index contributed by atoms with van der Waals surface area (Å²) in [7, 11) is 0. The van der Waals surface area contributed by atoms with E-state index >= 15 is 0 Å². The van der Waals surface area contributed by atoms with Crippen LogP contribution in [0.15, 0.2) is 36.5 Å². The van der Waals surface area contributed by atoms with Gasteiger partial charge in [-0.1, -0.05) is 49.8 Å². The Balaban J connectivity index is 2.57. The summed E-state index contributed by atoms with van der Waals surface area (Å²) in [6.45, 7) is 1.39. The molecule has 0 heterocycles. The standard InChI is InChI=1S/C17H24N4O4/c1-2-7-12(18)15(23)17(25)20-10-13(22)21-14(16(19)24)11-8-5-3-4-6-9-11/h3-6,8-9,11-12,14H,2,7,10,18H2,1H3,(H2,19,24)(H,20,25)(H,21,22). The molecule has 0 aromatic heterocycles. The second-order valence-electron chi connectivity index (χ2n) is 5.62. The fraction of sp³-hybridized carbons (Fsp3) is 0.412. The van der Waals surface area contributed by atoms with Crippen LogP contribution in [0.3, 0.4) is 0 Å². The highest BCUT2D eigenvalue weighted by Gasteiger charge is 2.26. The number of rotatable bonds is 9. The summed E-state index contributed by atoms with van der Waals surface area (Å²) in [5.41, 5.74) is 10.9. The summed E-state index contributed by atoms with van der Waals surface area (Å²) in [6.07, 6.45) is 11.5. The van der Waals surface area contributed by atoms with Crippen LogP contribution in [-0.4, -0.2) is 42.1 Å². The highest BCUT2D eigenvalue weighted by molar-refractivity contribution is 6.38. The van der Waals surface area contributed by atoms with E-state index in [4.69, 9.17) is 11.5 Å². The van der Waals surface area contributed by atoms with Crippen LogP contribution < -0.4 is 22.1 Å². The number of hydrogen-bond donors (Lipinski definition) is 4. The number of carbonyl (C=O) groups is 4. The van der Waals surface area contributed by atoms with Gasteiger partial charge in [-0.05, 0) is 6.42 Å². The van der Waals surface area contributed by atoms with Gasteiger partial charge in [-0.25, -0.2) is 0 Å². The average molecular weight is 348 g/mol. The van der Waals surface area contributed by atoms with Crippen molar-refractivity contribution in [2.24, 2.45) is 17.4 Å². The van der Waals surface area contributed by atoms with Gasteiger partial charge in [-0.2, -0.15) is 0 Å². The van der Waals surface area contributed by atoms with E-state index in [1.807, 2.05) is 6.92 Å². The summed E-state index contributed by atoms with van der Waals surface area (Å²) < 4.78 is 0. The Morgan fingerprint density at radius 1 is 1.08 bits per heavy atom. The number of Topliss-reactive ketones (excluding diaryl/α,β-unsaturated/α-hetero) is 1. The van der Waals surface area contributed by atoms with Gasteiger partial charge in [0.1, 0.15) is 6.04 Å². The Morgan fingerprint density at radius 3 is 2.20 bits per heavy atom. The van der Waals surface area contributed by atoms with Gasteiger partial charge in [0, 0.05) is 5.92 Å². The van der Waals surface area contributed by atoms with E-state index in [0.717, 1.165) is 0 Å². The number of primary amides is 1. The molecule has 3 amide bonds. The van der Waals surface area contributed by atoms with Crippen LogP contribution in [0.25, 0.3) is 0 Å². The lowest BCUT2D eigenvalue weighted by Gasteiger charge is -2.20. The van der Waals surface area contributed by atoms with E-state index in [0.29, 0.717) is 12.8 Å². The molecular weight excluding hydrogens is 324 g/mol. The average Bonchev–Trinajstić information content (AvgIpc) is 2.85. The van der Waals surface area contributed by atoms with Crippen molar-refractivity contribution in [3.05, 3.63) is 36.5 Å². The Hall–Kier alpha value is -2.74. The number of allylic oxidation sites excluding steroid dienone is 4. The Kier molecular flexibility index (Phi) is 8.28. The molecule has 2 atom stereocenters. The van der Waals surface area contributed by atoms with E-state index in [-0.39, 0.29) is 0 Å². The van der Waals surface area contributed by atoms with E-state index in [2.05, 4.69) is 10.6 Å². The minimum absolute atomic E-state index is 0.386. The van der Waals surface area contributed by atoms with Crippen molar-refractivity contribution in [3.63, 3.8) is 0 Å². The topological polar surface area (TPSA) is 144 Å². The summed E-state index contributed by atoms with van der Waals surface area (Å²) in [6, 6.07) is -1.85. The molecule has 0 aliphatic heterocycles. The normalized spacial score (nSPS) is 15.9. The van der Waals surface area contributed by atoms with E-state index in [1.54, 1.807) is 36.5 Å². The largest absolute Gasteiger partial charge is 0.368 e. The van der Waals surface area contributed by atoms with Gasteiger partial charge in [0.2, 0.25) is 17.6 Å². The van der Waals surface area contributed by atoms with Crippen LogP contribution in [0.1, 0.15) is 19.8 Å². The molecule has 25 heavy (non-hydrogen) atoms. The van der Waals surface area contributed by atoms with Crippen LogP contribution in [0, 0.1) is 5.92 Å². The molecule has 0 spiro atoms. The molecule has 1 aliphatic carbocycles. The Bertz CT molecular complexity index is 594. The van der Waals surface area contributed by atoms with Crippen molar-refractivity contribution in [1.29, 1.82) is 0 Å². The number of carbonyl (C=O) groups excluding carboxylic acids is 4. The minimum atomic E-state index is -0.963. The molecular formula is C17H24N4O4. The summed E-state index contributed by atoms with van der Waals surface area (Å²) in [4.78, 5) is 47.0. The molecule has 8 nitrogen and oxygen atoms in total. The molecule has 2 unspecified atom stereocenters. The number of ketones is 1. The molecule has 0 bridgehead atoms. The molecule has 1 rings (SSSR count). The third-order valence-corrected chi connectivity index (χ3v) is 3.58. The van der Waals surface area contributed by atoms with Crippen LogP contribution >= 0.6 is 0 Å². The van der Waals surface area contributed by atoms with Gasteiger partial charge in [0.15, 0.2) is 0 Å². The van der Waals surface area contributed by atoms with Gasteiger partial charge in [0.05, 0.1) is 12.6 Å². The fourth-order valence-electron chi connectivity index (χ4n) is 2.24. The monoisotopic (exact) mass is 348 g/mol. The van der Waals surface area contributed by atoms with E-state index in [1.165, 1.54) is 0 Å². The summed E-state index contributed by atoms with van der Waals surface area (Å²) in [5, 5.41) is 4.66. The van der Waals surface area contributed by atoms with Crippen molar-refractivity contribution in [1.82, 2.24) is 10.6 Å². The summed E-state index contributed by atoms with van der Waals surface area (Å²) in [5.74, 6) is -3.45. The molecule has 136 valence electrons.